The molecule has 0 aliphatic rings. The standard InChI is InChI=1S/C24H16F2N10O/c1-12-3-5-21(32-31-12)35-19-8-16-18(9-17(19)29-24(35)37)34(11-28-16)20-6-4-15(22(25)26)23(30-20)36-13(2)7-14(10-27)33-36/h3-9,11,22H,1-2H3,(H,29,37). The maximum absolute atomic E-state index is 13.8. The SMILES string of the molecule is Cc1ccc(-n2c(=O)[nH]c3cc4c(cc32)ncn4-c2ccc(C(F)F)c(-n3nc(C#N)cc3C)n2)nn1. The third-order valence-corrected chi connectivity index (χ3v) is 5.94. The Balaban J connectivity index is 1.53. The van der Waals surface area contributed by atoms with Crippen LogP contribution in [-0.2, 0) is 0 Å². The van der Waals surface area contributed by atoms with Crippen molar-refractivity contribution >= 4 is 22.1 Å². The van der Waals surface area contributed by atoms with E-state index in [0.29, 0.717) is 39.4 Å². The van der Waals surface area contributed by atoms with Gasteiger partial charge < -0.3 is 4.98 Å². The van der Waals surface area contributed by atoms with E-state index in [9.17, 15) is 18.8 Å². The number of imidazole rings is 2. The van der Waals surface area contributed by atoms with Gasteiger partial charge in [0.1, 0.15) is 18.2 Å². The molecule has 5 heterocycles. The van der Waals surface area contributed by atoms with Crippen LogP contribution in [0.4, 0.5) is 8.78 Å². The van der Waals surface area contributed by atoms with Crippen molar-refractivity contribution in [1.29, 1.82) is 5.26 Å². The molecule has 1 N–H and O–H groups in total. The molecule has 0 aliphatic heterocycles. The molecule has 0 saturated carbocycles. The van der Waals surface area contributed by atoms with Gasteiger partial charge in [-0.25, -0.2) is 32.8 Å². The van der Waals surface area contributed by atoms with Gasteiger partial charge in [-0.15, -0.1) is 5.10 Å². The van der Waals surface area contributed by atoms with Crippen LogP contribution in [0.3, 0.4) is 0 Å². The number of nitrogens with one attached hydrogen (secondary N) is 1. The van der Waals surface area contributed by atoms with Gasteiger partial charge in [-0.1, -0.05) is 0 Å². The lowest BCUT2D eigenvalue weighted by Gasteiger charge is -2.12. The van der Waals surface area contributed by atoms with E-state index in [1.54, 1.807) is 42.7 Å². The molecule has 0 radical (unpaired) electrons. The molecule has 0 amide bonds. The number of hydrogen-bond donors (Lipinski definition) is 1. The molecule has 0 fully saturated rings. The van der Waals surface area contributed by atoms with Crippen molar-refractivity contribution in [1.82, 2.24) is 44.1 Å². The number of alkyl halides is 2. The van der Waals surface area contributed by atoms with Crippen LogP contribution >= 0.6 is 0 Å². The molecule has 0 bridgehead atoms. The Morgan fingerprint density at radius 2 is 1.84 bits per heavy atom. The van der Waals surface area contributed by atoms with E-state index in [2.05, 4.69) is 30.2 Å². The molecule has 0 spiro atoms. The number of nitriles is 1. The van der Waals surface area contributed by atoms with Gasteiger partial charge in [-0.05, 0) is 56.3 Å². The number of pyridine rings is 1. The topological polar surface area (TPSA) is 136 Å². The highest BCUT2D eigenvalue weighted by Crippen LogP contribution is 2.29. The van der Waals surface area contributed by atoms with Gasteiger partial charge in [-0.2, -0.15) is 15.5 Å². The molecule has 1 aromatic carbocycles. The second kappa shape index (κ2) is 8.16. The van der Waals surface area contributed by atoms with Crippen LogP contribution in [0.15, 0.2) is 53.6 Å². The van der Waals surface area contributed by atoms with E-state index in [4.69, 9.17) is 0 Å². The van der Waals surface area contributed by atoms with Gasteiger partial charge in [0.2, 0.25) is 0 Å². The largest absolute Gasteiger partial charge is 0.332 e. The lowest BCUT2D eigenvalue weighted by Crippen LogP contribution is -2.16. The first-order valence-corrected chi connectivity index (χ1v) is 11.0. The Bertz CT molecular complexity index is 1920. The van der Waals surface area contributed by atoms with Crippen LogP contribution < -0.4 is 5.69 Å². The molecular weight excluding hydrogens is 482 g/mol. The van der Waals surface area contributed by atoms with Crippen LogP contribution in [0.1, 0.15) is 29.1 Å². The Hall–Kier alpha value is -5.25. The highest BCUT2D eigenvalue weighted by Gasteiger charge is 2.21. The molecule has 6 aromatic rings. The summed E-state index contributed by atoms with van der Waals surface area (Å²) in [7, 11) is 0. The molecule has 0 saturated heterocycles. The van der Waals surface area contributed by atoms with Gasteiger partial charge in [0.15, 0.2) is 17.3 Å². The molecule has 11 nitrogen and oxygen atoms in total. The predicted octanol–water partition coefficient (Wildman–Crippen LogP) is 3.45. The summed E-state index contributed by atoms with van der Waals surface area (Å²) in [6, 6.07) is 13.0. The average Bonchev–Trinajstić information content (AvgIpc) is 3.56. The monoisotopic (exact) mass is 498 g/mol. The van der Waals surface area contributed by atoms with E-state index in [0.717, 1.165) is 5.69 Å². The number of rotatable bonds is 4. The van der Waals surface area contributed by atoms with Crippen LogP contribution in [0.2, 0.25) is 0 Å². The Labute approximate surface area is 206 Å². The van der Waals surface area contributed by atoms with Gasteiger partial charge in [0.05, 0.1) is 33.3 Å². The summed E-state index contributed by atoms with van der Waals surface area (Å²) in [6.45, 7) is 3.45. The van der Waals surface area contributed by atoms with E-state index in [1.807, 2.05) is 6.07 Å². The van der Waals surface area contributed by atoms with Crippen LogP contribution in [0.25, 0.3) is 39.5 Å². The van der Waals surface area contributed by atoms with Crippen molar-refractivity contribution in [3.63, 3.8) is 0 Å². The third kappa shape index (κ3) is 3.54. The number of fused-ring (bicyclic) bond motifs is 2. The first-order valence-electron chi connectivity index (χ1n) is 11.0. The zero-order valence-corrected chi connectivity index (χ0v) is 19.4. The summed E-state index contributed by atoms with van der Waals surface area (Å²) in [5, 5.41) is 21.4. The molecule has 37 heavy (non-hydrogen) atoms. The molecular formula is C24H16F2N10O. The van der Waals surface area contributed by atoms with Crippen LogP contribution in [0, 0.1) is 25.2 Å². The lowest BCUT2D eigenvalue weighted by atomic mass is 10.2. The normalized spacial score (nSPS) is 11.6. The lowest BCUT2D eigenvalue weighted by molar-refractivity contribution is 0.150. The average molecular weight is 498 g/mol. The highest BCUT2D eigenvalue weighted by atomic mass is 19.3. The van der Waals surface area contributed by atoms with E-state index < -0.39 is 12.1 Å². The fourth-order valence-corrected chi connectivity index (χ4v) is 4.20. The Kier molecular flexibility index (Phi) is 4.90. The van der Waals surface area contributed by atoms with E-state index >= 15 is 0 Å². The molecule has 6 rings (SSSR count). The minimum absolute atomic E-state index is 0.0899. The summed E-state index contributed by atoms with van der Waals surface area (Å²) in [5.41, 5.74) is 2.79. The first-order chi connectivity index (χ1) is 17.8. The third-order valence-electron chi connectivity index (χ3n) is 5.94. The first kappa shape index (κ1) is 22.2. The van der Waals surface area contributed by atoms with Crippen molar-refractivity contribution in [2.75, 3.05) is 0 Å². The predicted molar refractivity (Wildman–Crippen MR) is 128 cm³/mol. The zero-order valence-electron chi connectivity index (χ0n) is 19.4. The number of benzene rings is 1. The van der Waals surface area contributed by atoms with Crippen molar-refractivity contribution in [3.05, 3.63) is 81.9 Å². The molecule has 13 heteroatoms. The van der Waals surface area contributed by atoms with Crippen molar-refractivity contribution in [2.45, 2.75) is 20.3 Å². The number of hydrogen-bond acceptors (Lipinski definition) is 7. The summed E-state index contributed by atoms with van der Waals surface area (Å²) in [6.07, 6.45) is -1.29. The molecule has 0 atom stereocenters. The van der Waals surface area contributed by atoms with E-state index in [-0.39, 0.29) is 17.1 Å². The second-order valence-electron chi connectivity index (χ2n) is 8.35. The molecule has 0 aliphatic carbocycles. The smallest absolute Gasteiger partial charge is 0.305 e. The minimum Gasteiger partial charge on any atom is -0.305 e. The highest BCUT2D eigenvalue weighted by molar-refractivity contribution is 5.93. The number of aryl methyl sites for hydroxylation is 2. The van der Waals surface area contributed by atoms with Crippen LogP contribution in [-0.4, -0.2) is 44.1 Å². The summed E-state index contributed by atoms with van der Waals surface area (Å²) < 4.78 is 31.9. The van der Waals surface area contributed by atoms with Gasteiger partial charge in [-0.3, -0.25) is 4.57 Å². The Morgan fingerprint density at radius 3 is 2.54 bits per heavy atom. The van der Waals surface area contributed by atoms with Crippen molar-refractivity contribution < 1.29 is 8.78 Å². The number of nitrogens with zero attached hydrogens (tertiary/aromatic N) is 9. The van der Waals surface area contributed by atoms with Crippen LogP contribution in [0.5, 0.6) is 0 Å². The maximum atomic E-state index is 13.8. The van der Waals surface area contributed by atoms with Gasteiger partial charge in [0, 0.05) is 5.69 Å². The maximum Gasteiger partial charge on any atom is 0.332 e. The summed E-state index contributed by atoms with van der Waals surface area (Å²) in [5.74, 6) is 0.577. The zero-order chi connectivity index (χ0) is 25.8. The van der Waals surface area contributed by atoms with E-state index in [1.165, 1.54) is 33.8 Å². The minimum atomic E-state index is -2.81. The number of halogens is 2. The quantitative estimate of drug-likeness (QED) is 0.393. The fourth-order valence-electron chi connectivity index (χ4n) is 4.20. The Morgan fingerprint density at radius 1 is 1.03 bits per heavy atom. The number of aromatic nitrogens is 9. The van der Waals surface area contributed by atoms with Gasteiger partial charge >= 0.3 is 5.69 Å². The molecule has 0 unspecified atom stereocenters. The van der Waals surface area contributed by atoms with Crippen molar-refractivity contribution in [2.24, 2.45) is 0 Å². The molecule has 182 valence electrons. The number of aromatic amines is 1. The van der Waals surface area contributed by atoms with Crippen molar-refractivity contribution in [3.8, 4) is 23.5 Å². The van der Waals surface area contributed by atoms with Gasteiger partial charge in [0.25, 0.3) is 6.43 Å². The fraction of sp³-hybridized carbons (Fsp3) is 0.125. The second-order valence-corrected chi connectivity index (χ2v) is 8.35. The molecule has 5 aromatic heterocycles. The number of H-pyrrole nitrogens is 1. The summed E-state index contributed by atoms with van der Waals surface area (Å²) in [4.78, 5) is 24.5. The summed E-state index contributed by atoms with van der Waals surface area (Å²) >= 11 is 0.